The van der Waals surface area contributed by atoms with Gasteiger partial charge in [-0.05, 0) is 87.1 Å². The fourth-order valence-electron chi connectivity index (χ4n) is 8.26. The van der Waals surface area contributed by atoms with Crippen LogP contribution >= 0.6 is 0 Å². The van der Waals surface area contributed by atoms with Gasteiger partial charge >= 0.3 is 0 Å². The minimum atomic E-state index is 0.186. The topological polar surface area (TPSA) is 29.5 Å². The SMILES string of the molecule is c1ccc(C2c3ccccc3-c3cc(N(c4ccc5c(c4)oc4cc6ccccc6cc45)c4cccc5c4oc4ccccc45)ccc32)cc1. The molecule has 0 saturated carbocycles. The molecule has 0 saturated heterocycles. The highest BCUT2D eigenvalue weighted by molar-refractivity contribution is 6.12. The zero-order chi connectivity index (χ0) is 32.8. The van der Waals surface area contributed by atoms with Crippen LogP contribution in [0.5, 0.6) is 0 Å². The Labute approximate surface area is 288 Å². The second-order valence-corrected chi connectivity index (χ2v) is 13.3. The van der Waals surface area contributed by atoms with E-state index in [0.717, 1.165) is 60.9 Å². The minimum Gasteiger partial charge on any atom is -0.456 e. The molecule has 0 amide bonds. The molecule has 1 atom stereocenters. The van der Waals surface area contributed by atoms with Gasteiger partial charge in [0.2, 0.25) is 0 Å². The molecule has 234 valence electrons. The molecule has 0 spiro atoms. The molecular weight excluding hydrogens is 611 g/mol. The first-order valence-corrected chi connectivity index (χ1v) is 17.1. The molecule has 2 aromatic heterocycles. The molecule has 8 aromatic carbocycles. The number of benzene rings is 8. The van der Waals surface area contributed by atoms with Crippen LogP contribution in [0.15, 0.2) is 179 Å². The molecule has 3 heteroatoms. The molecule has 0 fully saturated rings. The minimum absolute atomic E-state index is 0.186. The Bertz CT molecular complexity index is 2950. The van der Waals surface area contributed by atoms with E-state index in [2.05, 4.69) is 163 Å². The average Bonchev–Trinajstić information content (AvgIpc) is 3.83. The van der Waals surface area contributed by atoms with Gasteiger partial charge in [-0.3, -0.25) is 0 Å². The van der Waals surface area contributed by atoms with Gasteiger partial charge in [0.25, 0.3) is 0 Å². The van der Waals surface area contributed by atoms with E-state index in [1.54, 1.807) is 0 Å². The lowest BCUT2D eigenvalue weighted by Crippen LogP contribution is -2.10. The second-order valence-electron chi connectivity index (χ2n) is 13.3. The molecule has 0 bridgehead atoms. The van der Waals surface area contributed by atoms with Crippen molar-refractivity contribution in [1.29, 1.82) is 0 Å². The maximum Gasteiger partial charge on any atom is 0.159 e. The van der Waals surface area contributed by atoms with Crippen molar-refractivity contribution in [2.75, 3.05) is 4.90 Å². The van der Waals surface area contributed by atoms with E-state index in [1.807, 2.05) is 12.1 Å². The van der Waals surface area contributed by atoms with Gasteiger partial charge in [0.15, 0.2) is 5.58 Å². The summed E-state index contributed by atoms with van der Waals surface area (Å²) in [7, 11) is 0. The van der Waals surface area contributed by atoms with E-state index >= 15 is 0 Å². The van der Waals surface area contributed by atoms with Gasteiger partial charge in [0, 0.05) is 39.2 Å². The molecule has 0 aliphatic heterocycles. The molecule has 3 nitrogen and oxygen atoms in total. The van der Waals surface area contributed by atoms with Crippen molar-refractivity contribution < 1.29 is 8.83 Å². The fraction of sp³-hybridized carbons (Fsp3) is 0.0213. The number of para-hydroxylation sites is 2. The number of furan rings is 2. The van der Waals surface area contributed by atoms with Crippen LogP contribution in [0.25, 0.3) is 65.8 Å². The van der Waals surface area contributed by atoms with Crippen LogP contribution in [0.2, 0.25) is 0 Å². The number of rotatable bonds is 4. The maximum absolute atomic E-state index is 6.65. The summed E-state index contributed by atoms with van der Waals surface area (Å²) >= 11 is 0. The Balaban J connectivity index is 1.15. The average molecular weight is 640 g/mol. The lowest BCUT2D eigenvalue weighted by Gasteiger charge is -2.26. The van der Waals surface area contributed by atoms with E-state index in [9.17, 15) is 0 Å². The smallest absolute Gasteiger partial charge is 0.159 e. The Morgan fingerprint density at radius 1 is 0.400 bits per heavy atom. The number of fused-ring (bicyclic) bond motifs is 10. The van der Waals surface area contributed by atoms with Crippen molar-refractivity contribution in [2.24, 2.45) is 0 Å². The maximum atomic E-state index is 6.65. The summed E-state index contributed by atoms with van der Waals surface area (Å²) in [6, 6.07) is 60.8. The van der Waals surface area contributed by atoms with Crippen LogP contribution in [0, 0.1) is 0 Å². The Morgan fingerprint density at radius 2 is 1.08 bits per heavy atom. The van der Waals surface area contributed by atoms with E-state index in [1.165, 1.54) is 38.6 Å². The van der Waals surface area contributed by atoms with Gasteiger partial charge in [-0.1, -0.05) is 115 Å². The summed E-state index contributed by atoms with van der Waals surface area (Å²) in [5.41, 5.74) is 13.0. The molecular formula is C47H29NO2. The highest BCUT2D eigenvalue weighted by Gasteiger charge is 2.31. The van der Waals surface area contributed by atoms with Crippen LogP contribution in [-0.2, 0) is 0 Å². The molecule has 2 heterocycles. The zero-order valence-corrected chi connectivity index (χ0v) is 27.0. The number of anilines is 3. The predicted octanol–water partition coefficient (Wildman–Crippen LogP) is 13.3. The fourth-order valence-corrected chi connectivity index (χ4v) is 8.26. The number of hydrogen-bond donors (Lipinski definition) is 0. The summed E-state index contributed by atoms with van der Waals surface area (Å²) in [6.45, 7) is 0. The van der Waals surface area contributed by atoms with Gasteiger partial charge < -0.3 is 13.7 Å². The predicted molar refractivity (Wildman–Crippen MR) is 206 cm³/mol. The van der Waals surface area contributed by atoms with Crippen LogP contribution in [0.3, 0.4) is 0 Å². The third kappa shape index (κ3) is 3.98. The van der Waals surface area contributed by atoms with Crippen molar-refractivity contribution in [1.82, 2.24) is 0 Å². The molecule has 10 aromatic rings. The van der Waals surface area contributed by atoms with Gasteiger partial charge in [-0.25, -0.2) is 0 Å². The normalized spacial score (nSPS) is 13.8. The highest BCUT2D eigenvalue weighted by Crippen LogP contribution is 2.51. The standard InChI is InChI=1S/C47H29NO2/c1-2-11-29(12-3-1)46-37-17-7-6-15-34(37)40-27-32(22-24-38(40)46)48(42-19-10-18-39-35-16-8-9-20-43(35)50-47(39)42)33-21-23-36-41-25-30-13-4-5-14-31(30)26-44(41)49-45(36)28-33/h1-28,46H. The molecule has 11 rings (SSSR count). The lowest BCUT2D eigenvalue weighted by molar-refractivity contribution is 0.667. The summed E-state index contributed by atoms with van der Waals surface area (Å²) in [6.07, 6.45) is 0. The number of hydrogen-bond acceptors (Lipinski definition) is 3. The van der Waals surface area contributed by atoms with Crippen LogP contribution in [0.4, 0.5) is 17.1 Å². The molecule has 1 aliphatic carbocycles. The second kappa shape index (κ2) is 10.5. The Kier molecular flexibility index (Phi) is 5.73. The van der Waals surface area contributed by atoms with E-state index in [-0.39, 0.29) is 5.92 Å². The largest absolute Gasteiger partial charge is 0.456 e. The molecule has 50 heavy (non-hydrogen) atoms. The first-order valence-electron chi connectivity index (χ1n) is 17.1. The van der Waals surface area contributed by atoms with Crippen molar-refractivity contribution in [3.63, 3.8) is 0 Å². The van der Waals surface area contributed by atoms with Crippen LogP contribution in [-0.4, -0.2) is 0 Å². The van der Waals surface area contributed by atoms with Crippen LogP contribution < -0.4 is 4.90 Å². The van der Waals surface area contributed by atoms with Gasteiger partial charge in [0.1, 0.15) is 16.7 Å². The first kappa shape index (κ1) is 27.4. The third-order valence-electron chi connectivity index (χ3n) is 10.5. The highest BCUT2D eigenvalue weighted by atomic mass is 16.3. The lowest BCUT2D eigenvalue weighted by atomic mass is 9.89. The van der Waals surface area contributed by atoms with Gasteiger partial charge in [-0.15, -0.1) is 0 Å². The third-order valence-corrected chi connectivity index (χ3v) is 10.5. The monoisotopic (exact) mass is 639 g/mol. The van der Waals surface area contributed by atoms with E-state index in [0.29, 0.717) is 0 Å². The summed E-state index contributed by atoms with van der Waals surface area (Å²) < 4.78 is 13.2. The zero-order valence-electron chi connectivity index (χ0n) is 27.0. The first-order chi connectivity index (χ1) is 24.8. The quantitative estimate of drug-likeness (QED) is 0.192. The van der Waals surface area contributed by atoms with Crippen molar-refractivity contribution >= 4 is 71.7 Å². The Hall–Kier alpha value is -6.58. The van der Waals surface area contributed by atoms with Crippen molar-refractivity contribution in [3.05, 3.63) is 187 Å². The molecule has 0 radical (unpaired) electrons. The molecule has 0 N–H and O–H groups in total. The van der Waals surface area contributed by atoms with E-state index in [4.69, 9.17) is 8.83 Å². The van der Waals surface area contributed by atoms with Gasteiger partial charge in [0.05, 0.1) is 11.4 Å². The molecule has 1 unspecified atom stereocenters. The van der Waals surface area contributed by atoms with E-state index < -0.39 is 0 Å². The summed E-state index contributed by atoms with van der Waals surface area (Å²) in [4.78, 5) is 2.33. The summed E-state index contributed by atoms with van der Waals surface area (Å²) in [5, 5.41) is 6.80. The van der Waals surface area contributed by atoms with Crippen molar-refractivity contribution in [2.45, 2.75) is 5.92 Å². The summed E-state index contributed by atoms with van der Waals surface area (Å²) in [5.74, 6) is 0.186. The molecule has 1 aliphatic rings. The van der Waals surface area contributed by atoms with Crippen LogP contribution in [0.1, 0.15) is 22.6 Å². The van der Waals surface area contributed by atoms with Crippen molar-refractivity contribution in [3.8, 4) is 11.1 Å². The van der Waals surface area contributed by atoms with Gasteiger partial charge in [-0.2, -0.15) is 0 Å². The Morgan fingerprint density at radius 3 is 2.00 bits per heavy atom. The number of nitrogens with zero attached hydrogens (tertiary/aromatic N) is 1.